The second kappa shape index (κ2) is 6.69. The molecule has 8 nitrogen and oxygen atoms in total. The van der Waals surface area contributed by atoms with Crippen LogP contribution in [0.5, 0.6) is 0 Å². The number of nitrogens with zero attached hydrogens (tertiary/aromatic N) is 6. The summed E-state index contributed by atoms with van der Waals surface area (Å²) in [4.78, 5) is 16.2. The SMILES string of the molecule is CN1CCCN(C(=O)Nc2cc(-n3cnnn3)ccc2F)CC1. The zero-order chi connectivity index (χ0) is 16.2. The minimum absolute atomic E-state index is 0.112. The molecule has 2 aromatic rings. The number of likely N-dealkylation sites (N-methyl/N-ethyl adjacent to an activating group) is 1. The predicted octanol–water partition coefficient (Wildman–Crippen LogP) is 0.971. The number of hydrogen-bond donors (Lipinski definition) is 1. The maximum absolute atomic E-state index is 14.0. The van der Waals surface area contributed by atoms with Gasteiger partial charge in [-0.15, -0.1) is 5.10 Å². The quantitative estimate of drug-likeness (QED) is 0.892. The van der Waals surface area contributed by atoms with E-state index in [9.17, 15) is 9.18 Å². The number of hydrogen-bond acceptors (Lipinski definition) is 5. The molecule has 1 fully saturated rings. The lowest BCUT2D eigenvalue weighted by Crippen LogP contribution is -2.37. The van der Waals surface area contributed by atoms with E-state index in [0.717, 1.165) is 19.5 Å². The topological polar surface area (TPSA) is 79.2 Å². The zero-order valence-electron chi connectivity index (χ0n) is 12.8. The van der Waals surface area contributed by atoms with Crippen molar-refractivity contribution in [3.63, 3.8) is 0 Å². The van der Waals surface area contributed by atoms with Crippen molar-refractivity contribution in [2.24, 2.45) is 0 Å². The zero-order valence-corrected chi connectivity index (χ0v) is 12.8. The van der Waals surface area contributed by atoms with E-state index < -0.39 is 5.82 Å². The molecular weight excluding hydrogens is 301 g/mol. The third-order valence-electron chi connectivity index (χ3n) is 3.81. The third kappa shape index (κ3) is 3.62. The van der Waals surface area contributed by atoms with Gasteiger partial charge in [0.05, 0.1) is 11.4 Å². The van der Waals surface area contributed by atoms with Crippen molar-refractivity contribution in [2.45, 2.75) is 6.42 Å². The maximum atomic E-state index is 14.0. The van der Waals surface area contributed by atoms with Crippen molar-refractivity contribution in [1.82, 2.24) is 30.0 Å². The number of halogens is 1. The van der Waals surface area contributed by atoms with Gasteiger partial charge in [0.1, 0.15) is 12.1 Å². The first-order valence-electron chi connectivity index (χ1n) is 7.41. The minimum Gasteiger partial charge on any atom is -0.323 e. The number of benzene rings is 1. The van der Waals surface area contributed by atoms with Crippen LogP contribution in [0, 0.1) is 5.82 Å². The van der Waals surface area contributed by atoms with E-state index in [2.05, 4.69) is 25.7 Å². The first-order chi connectivity index (χ1) is 11.1. The fourth-order valence-electron chi connectivity index (χ4n) is 2.48. The van der Waals surface area contributed by atoms with Crippen molar-refractivity contribution in [3.05, 3.63) is 30.3 Å². The van der Waals surface area contributed by atoms with Gasteiger partial charge >= 0.3 is 6.03 Å². The van der Waals surface area contributed by atoms with Crippen molar-refractivity contribution in [1.29, 1.82) is 0 Å². The highest BCUT2D eigenvalue weighted by atomic mass is 19.1. The molecule has 1 aliphatic heterocycles. The summed E-state index contributed by atoms with van der Waals surface area (Å²) in [5.74, 6) is -0.498. The molecular formula is C14H18FN7O. The van der Waals surface area contributed by atoms with Crippen LogP contribution in [0.1, 0.15) is 6.42 Å². The Morgan fingerprint density at radius 3 is 2.91 bits per heavy atom. The molecule has 2 amide bonds. The third-order valence-corrected chi connectivity index (χ3v) is 3.81. The van der Waals surface area contributed by atoms with E-state index in [0.29, 0.717) is 18.8 Å². The second-order valence-corrected chi connectivity index (χ2v) is 5.49. The molecule has 0 radical (unpaired) electrons. The molecule has 0 saturated carbocycles. The number of nitrogens with one attached hydrogen (secondary N) is 1. The van der Waals surface area contributed by atoms with E-state index in [1.54, 1.807) is 11.0 Å². The Balaban J connectivity index is 1.74. The van der Waals surface area contributed by atoms with Crippen molar-refractivity contribution >= 4 is 11.7 Å². The lowest BCUT2D eigenvalue weighted by atomic mass is 10.2. The lowest BCUT2D eigenvalue weighted by Gasteiger charge is -2.21. The molecule has 1 N–H and O–H groups in total. The fourth-order valence-corrected chi connectivity index (χ4v) is 2.48. The summed E-state index contributed by atoms with van der Waals surface area (Å²) in [7, 11) is 2.02. The lowest BCUT2D eigenvalue weighted by molar-refractivity contribution is 0.213. The summed E-state index contributed by atoms with van der Waals surface area (Å²) in [6.07, 6.45) is 2.31. The molecule has 0 aliphatic carbocycles. The molecule has 9 heteroatoms. The molecule has 0 bridgehead atoms. The molecule has 1 aliphatic rings. The summed E-state index contributed by atoms with van der Waals surface area (Å²) in [6.45, 7) is 3.04. The van der Waals surface area contributed by atoms with Gasteiger partial charge < -0.3 is 15.1 Å². The molecule has 0 atom stereocenters. The molecule has 1 aromatic heterocycles. The second-order valence-electron chi connectivity index (χ2n) is 5.49. The van der Waals surface area contributed by atoms with E-state index in [1.165, 1.54) is 23.1 Å². The average Bonchev–Trinajstić information content (AvgIpc) is 2.98. The standard InChI is InChI=1S/C14H18FN7O/c1-20-5-2-6-21(8-7-20)14(23)17-13-9-11(3-4-12(13)15)22-10-16-18-19-22/h3-4,9-10H,2,5-8H2,1H3,(H,17,23). The smallest absolute Gasteiger partial charge is 0.321 e. The van der Waals surface area contributed by atoms with Crippen LogP contribution >= 0.6 is 0 Å². The van der Waals surface area contributed by atoms with Crippen molar-refractivity contribution < 1.29 is 9.18 Å². The highest BCUT2D eigenvalue weighted by Gasteiger charge is 2.18. The highest BCUT2D eigenvalue weighted by molar-refractivity contribution is 5.89. The van der Waals surface area contributed by atoms with Gasteiger partial charge in [0.15, 0.2) is 0 Å². The molecule has 1 saturated heterocycles. The minimum atomic E-state index is -0.498. The number of urea groups is 1. The number of carbonyl (C=O) groups excluding carboxylic acids is 1. The monoisotopic (exact) mass is 319 g/mol. The van der Waals surface area contributed by atoms with Gasteiger partial charge in [-0.25, -0.2) is 13.9 Å². The number of aromatic nitrogens is 4. The van der Waals surface area contributed by atoms with Gasteiger partial charge in [-0.1, -0.05) is 0 Å². The Hall–Kier alpha value is -2.55. The Labute approximate surface area is 132 Å². The van der Waals surface area contributed by atoms with E-state index >= 15 is 0 Å². The first-order valence-corrected chi connectivity index (χ1v) is 7.41. The number of rotatable bonds is 2. The molecule has 0 spiro atoms. The Bertz CT molecular complexity index is 676. The maximum Gasteiger partial charge on any atom is 0.321 e. The number of carbonyl (C=O) groups is 1. The molecule has 3 rings (SSSR count). The Morgan fingerprint density at radius 1 is 1.26 bits per heavy atom. The first kappa shape index (κ1) is 15.3. The van der Waals surface area contributed by atoms with Crippen molar-refractivity contribution in [2.75, 3.05) is 38.5 Å². The van der Waals surface area contributed by atoms with Crippen molar-refractivity contribution in [3.8, 4) is 5.69 Å². The van der Waals surface area contributed by atoms with Gasteiger partial charge in [-0.2, -0.15) is 0 Å². The molecule has 122 valence electrons. The number of anilines is 1. The Kier molecular flexibility index (Phi) is 4.47. The van der Waals surface area contributed by atoms with E-state index in [4.69, 9.17) is 0 Å². The van der Waals surface area contributed by atoms with Crippen LogP contribution in [0.2, 0.25) is 0 Å². The van der Waals surface area contributed by atoms with Crippen LogP contribution in [0.25, 0.3) is 5.69 Å². The van der Waals surface area contributed by atoms with Gasteiger partial charge in [0, 0.05) is 19.6 Å². The van der Waals surface area contributed by atoms with Crippen LogP contribution in [-0.2, 0) is 0 Å². The van der Waals surface area contributed by atoms with Crippen LogP contribution in [0.3, 0.4) is 0 Å². The van der Waals surface area contributed by atoms with E-state index in [1.807, 2.05) is 7.05 Å². The number of tetrazole rings is 1. The van der Waals surface area contributed by atoms with Gasteiger partial charge in [0.25, 0.3) is 0 Å². The summed E-state index contributed by atoms with van der Waals surface area (Å²) < 4.78 is 15.4. The normalized spacial score (nSPS) is 16.2. The van der Waals surface area contributed by atoms with E-state index in [-0.39, 0.29) is 11.7 Å². The highest BCUT2D eigenvalue weighted by Crippen LogP contribution is 2.19. The van der Waals surface area contributed by atoms with Crippen LogP contribution in [0.15, 0.2) is 24.5 Å². The fraction of sp³-hybridized carbons (Fsp3) is 0.429. The molecule has 23 heavy (non-hydrogen) atoms. The number of amides is 2. The van der Waals surface area contributed by atoms with Crippen LogP contribution in [0.4, 0.5) is 14.9 Å². The van der Waals surface area contributed by atoms with Gasteiger partial charge in [-0.3, -0.25) is 0 Å². The van der Waals surface area contributed by atoms with Gasteiger partial charge in [0.2, 0.25) is 0 Å². The summed E-state index contributed by atoms with van der Waals surface area (Å²) >= 11 is 0. The Morgan fingerprint density at radius 2 is 2.13 bits per heavy atom. The van der Waals surface area contributed by atoms with Crippen LogP contribution < -0.4 is 5.32 Å². The molecule has 2 heterocycles. The van der Waals surface area contributed by atoms with Gasteiger partial charge in [-0.05, 0) is 48.6 Å². The summed E-state index contributed by atoms with van der Waals surface area (Å²) in [6, 6.07) is 4.03. The van der Waals surface area contributed by atoms with Crippen LogP contribution in [-0.4, -0.2) is 69.3 Å². The molecule has 1 aromatic carbocycles. The molecule has 0 unspecified atom stereocenters. The summed E-state index contributed by atoms with van der Waals surface area (Å²) in [5, 5.41) is 13.5. The summed E-state index contributed by atoms with van der Waals surface area (Å²) in [5.41, 5.74) is 0.683. The average molecular weight is 319 g/mol. The largest absolute Gasteiger partial charge is 0.323 e. The predicted molar refractivity (Wildman–Crippen MR) is 81.8 cm³/mol.